The Kier molecular flexibility index (Phi) is 8.09. The molecule has 0 radical (unpaired) electrons. The number of ether oxygens (including phenoxy) is 1. The van der Waals surface area contributed by atoms with Gasteiger partial charge >= 0.3 is 0 Å². The molecule has 4 nitrogen and oxygen atoms in total. The van der Waals surface area contributed by atoms with Gasteiger partial charge in [0.25, 0.3) is 0 Å². The molecular weight excluding hydrogens is 378 g/mol. The maximum Gasteiger partial charge on any atom is 0.103 e. The summed E-state index contributed by atoms with van der Waals surface area (Å²) in [4.78, 5) is 0. The Morgan fingerprint density at radius 2 is 1.96 bits per heavy atom. The first-order valence-corrected chi connectivity index (χ1v) is 9.34. The molecule has 1 aromatic carbocycles. The van der Waals surface area contributed by atoms with Crippen molar-refractivity contribution in [2.45, 2.75) is 46.3 Å². The molecule has 0 saturated carbocycles. The van der Waals surface area contributed by atoms with Gasteiger partial charge in [0.1, 0.15) is 6.10 Å². The SMILES string of the molecule is CC(C)=CCCC(C)=CCOC(Cn1ccnn1)c1ccc(Br)cc1. The maximum atomic E-state index is 6.14. The van der Waals surface area contributed by atoms with E-state index >= 15 is 0 Å². The average molecular weight is 404 g/mol. The van der Waals surface area contributed by atoms with E-state index in [0.29, 0.717) is 13.2 Å². The minimum absolute atomic E-state index is 0.0587. The van der Waals surface area contributed by atoms with Crippen molar-refractivity contribution in [3.05, 3.63) is 70.0 Å². The topological polar surface area (TPSA) is 39.9 Å². The molecule has 1 unspecified atom stereocenters. The second kappa shape index (κ2) is 10.3. The van der Waals surface area contributed by atoms with Crippen LogP contribution in [0.4, 0.5) is 0 Å². The third-order valence-corrected chi connectivity index (χ3v) is 4.42. The monoisotopic (exact) mass is 403 g/mol. The zero-order valence-electron chi connectivity index (χ0n) is 15.2. The lowest BCUT2D eigenvalue weighted by atomic mass is 10.1. The van der Waals surface area contributed by atoms with E-state index in [2.05, 4.69) is 71.3 Å². The highest BCUT2D eigenvalue weighted by Gasteiger charge is 2.13. The molecule has 2 rings (SSSR count). The van der Waals surface area contributed by atoms with E-state index in [9.17, 15) is 0 Å². The first-order chi connectivity index (χ1) is 12.0. The first kappa shape index (κ1) is 19.6. The minimum Gasteiger partial charge on any atom is -0.368 e. The van der Waals surface area contributed by atoms with Gasteiger partial charge in [-0.2, -0.15) is 0 Å². The number of nitrogens with zero attached hydrogens (tertiary/aromatic N) is 3. The molecule has 0 N–H and O–H groups in total. The molecule has 1 aromatic heterocycles. The van der Waals surface area contributed by atoms with Crippen LogP contribution in [0.1, 0.15) is 45.3 Å². The van der Waals surface area contributed by atoms with Crippen molar-refractivity contribution in [2.75, 3.05) is 6.61 Å². The molecule has 0 spiro atoms. The molecule has 5 heteroatoms. The van der Waals surface area contributed by atoms with Gasteiger partial charge in [-0.05, 0) is 51.3 Å². The summed E-state index contributed by atoms with van der Waals surface area (Å²) in [6, 6.07) is 8.23. The van der Waals surface area contributed by atoms with Crippen LogP contribution in [0, 0.1) is 0 Å². The molecule has 0 bridgehead atoms. The zero-order valence-corrected chi connectivity index (χ0v) is 16.7. The summed E-state index contributed by atoms with van der Waals surface area (Å²) in [6.07, 6.45) is 10.1. The number of hydrogen-bond donors (Lipinski definition) is 0. The van der Waals surface area contributed by atoms with Crippen LogP contribution < -0.4 is 0 Å². The summed E-state index contributed by atoms with van der Waals surface area (Å²) < 4.78 is 9.01. The van der Waals surface area contributed by atoms with E-state index in [0.717, 1.165) is 22.9 Å². The number of rotatable bonds is 9. The summed E-state index contributed by atoms with van der Waals surface area (Å²) >= 11 is 3.48. The van der Waals surface area contributed by atoms with Gasteiger partial charge in [-0.3, -0.25) is 0 Å². The summed E-state index contributed by atoms with van der Waals surface area (Å²) in [6.45, 7) is 7.67. The van der Waals surface area contributed by atoms with Crippen molar-refractivity contribution in [3.8, 4) is 0 Å². The van der Waals surface area contributed by atoms with Gasteiger partial charge < -0.3 is 4.74 Å². The molecule has 1 atom stereocenters. The Morgan fingerprint density at radius 3 is 2.60 bits per heavy atom. The molecule has 134 valence electrons. The Labute approximate surface area is 158 Å². The van der Waals surface area contributed by atoms with E-state index in [1.807, 2.05) is 18.3 Å². The Balaban J connectivity index is 1.96. The molecule has 2 aromatic rings. The number of halogens is 1. The number of aromatic nitrogens is 3. The predicted octanol–water partition coefficient (Wildman–Crippen LogP) is 5.49. The van der Waals surface area contributed by atoms with Crippen molar-refractivity contribution >= 4 is 15.9 Å². The first-order valence-electron chi connectivity index (χ1n) is 8.55. The van der Waals surface area contributed by atoms with Crippen molar-refractivity contribution in [1.82, 2.24) is 15.0 Å². The molecule has 0 saturated heterocycles. The van der Waals surface area contributed by atoms with Gasteiger partial charge in [0.15, 0.2) is 0 Å². The molecule has 0 aliphatic rings. The lowest BCUT2D eigenvalue weighted by Gasteiger charge is -2.18. The number of allylic oxidation sites excluding steroid dienone is 3. The summed E-state index contributed by atoms with van der Waals surface area (Å²) in [5, 5.41) is 7.93. The van der Waals surface area contributed by atoms with Gasteiger partial charge in [-0.25, -0.2) is 4.68 Å². The lowest BCUT2D eigenvalue weighted by Crippen LogP contribution is -2.13. The van der Waals surface area contributed by atoms with E-state index in [1.165, 1.54) is 11.1 Å². The summed E-state index contributed by atoms with van der Waals surface area (Å²) in [5.74, 6) is 0. The van der Waals surface area contributed by atoms with Crippen LogP contribution in [0.2, 0.25) is 0 Å². The van der Waals surface area contributed by atoms with Gasteiger partial charge in [0.2, 0.25) is 0 Å². The third-order valence-electron chi connectivity index (χ3n) is 3.89. The van der Waals surface area contributed by atoms with Crippen LogP contribution in [0.15, 0.2) is 64.4 Å². The quantitative estimate of drug-likeness (QED) is 0.519. The fraction of sp³-hybridized carbons (Fsp3) is 0.400. The van der Waals surface area contributed by atoms with Crippen molar-refractivity contribution in [2.24, 2.45) is 0 Å². The van der Waals surface area contributed by atoms with Gasteiger partial charge in [-0.15, -0.1) is 5.10 Å². The Bertz CT molecular complexity index is 686. The predicted molar refractivity (Wildman–Crippen MR) is 105 cm³/mol. The van der Waals surface area contributed by atoms with E-state index in [4.69, 9.17) is 4.74 Å². The third kappa shape index (κ3) is 7.36. The van der Waals surface area contributed by atoms with Crippen molar-refractivity contribution in [3.63, 3.8) is 0 Å². The molecular formula is C20H26BrN3O. The number of hydrogen-bond acceptors (Lipinski definition) is 3. The highest BCUT2D eigenvalue weighted by molar-refractivity contribution is 9.10. The maximum absolute atomic E-state index is 6.14. The fourth-order valence-corrected chi connectivity index (χ4v) is 2.69. The average Bonchev–Trinajstić information content (AvgIpc) is 3.07. The van der Waals surface area contributed by atoms with Gasteiger partial charge in [0, 0.05) is 10.7 Å². The normalized spacial score (nSPS) is 12.9. The van der Waals surface area contributed by atoms with Crippen LogP contribution in [-0.4, -0.2) is 21.6 Å². The van der Waals surface area contributed by atoms with Crippen LogP contribution in [0.3, 0.4) is 0 Å². The van der Waals surface area contributed by atoms with Crippen LogP contribution in [0.5, 0.6) is 0 Å². The minimum atomic E-state index is -0.0587. The molecule has 0 aliphatic heterocycles. The van der Waals surface area contributed by atoms with Crippen LogP contribution in [-0.2, 0) is 11.3 Å². The Hall–Kier alpha value is -1.72. The van der Waals surface area contributed by atoms with Gasteiger partial charge in [0.05, 0.1) is 19.3 Å². The second-order valence-electron chi connectivity index (χ2n) is 6.37. The standard InChI is InChI=1S/C20H26BrN3O/c1-16(2)5-4-6-17(3)11-14-25-20(15-24-13-12-22-23-24)18-7-9-19(21)10-8-18/h5,7-13,20H,4,6,14-15H2,1-3H3. The van der Waals surface area contributed by atoms with Crippen molar-refractivity contribution < 1.29 is 4.74 Å². The smallest absolute Gasteiger partial charge is 0.103 e. The molecule has 0 fully saturated rings. The summed E-state index contributed by atoms with van der Waals surface area (Å²) in [7, 11) is 0. The van der Waals surface area contributed by atoms with Crippen LogP contribution >= 0.6 is 15.9 Å². The van der Waals surface area contributed by atoms with E-state index in [-0.39, 0.29) is 6.10 Å². The molecule has 0 amide bonds. The fourth-order valence-electron chi connectivity index (χ4n) is 2.43. The number of benzene rings is 1. The van der Waals surface area contributed by atoms with E-state index in [1.54, 1.807) is 10.9 Å². The highest BCUT2D eigenvalue weighted by Crippen LogP contribution is 2.22. The van der Waals surface area contributed by atoms with E-state index < -0.39 is 0 Å². The zero-order chi connectivity index (χ0) is 18.1. The highest BCUT2D eigenvalue weighted by atomic mass is 79.9. The molecule has 0 aliphatic carbocycles. The second-order valence-corrected chi connectivity index (χ2v) is 7.28. The largest absolute Gasteiger partial charge is 0.368 e. The lowest BCUT2D eigenvalue weighted by molar-refractivity contribution is 0.0570. The molecule has 25 heavy (non-hydrogen) atoms. The van der Waals surface area contributed by atoms with Gasteiger partial charge in [-0.1, -0.05) is 56.6 Å². The van der Waals surface area contributed by atoms with Crippen LogP contribution in [0.25, 0.3) is 0 Å². The molecule has 1 heterocycles. The summed E-state index contributed by atoms with van der Waals surface area (Å²) in [5.41, 5.74) is 3.86. The van der Waals surface area contributed by atoms with Crippen molar-refractivity contribution in [1.29, 1.82) is 0 Å². The Morgan fingerprint density at radius 1 is 1.20 bits per heavy atom.